The van der Waals surface area contributed by atoms with Gasteiger partial charge < -0.3 is 44.4 Å². The van der Waals surface area contributed by atoms with Crippen LogP contribution in [0.1, 0.15) is 60.3 Å². The largest absolute Gasteiger partial charge is 0.492 e. The van der Waals surface area contributed by atoms with E-state index in [1.165, 1.54) is 25.1 Å². The molecule has 1 amide bonds. The number of carbonyl (C=O) groups excluding carboxylic acids is 2. The lowest BCUT2D eigenvalue weighted by Crippen LogP contribution is -2.50. The summed E-state index contributed by atoms with van der Waals surface area (Å²) in [6.07, 6.45) is 9.04. The van der Waals surface area contributed by atoms with Crippen LogP contribution in [0.25, 0.3) is 0 Å². The zero-order valence-corrected chi connectivity index (χ0v) is 26.0. The summed E-state index contributed by atoms with van der Waals surface area (Å²) in [7, 11) is 0. The minimum atomic E-state index is -0.796. The predicted molar refractivity (Wildman–Crippen MR) is 160 cm³/mol. The Hall–Kier alpha value is -3.32. The molecular formula is C32H46N2O10. The number of aromatic hydroxyl groups is 2. The number of rotatable bonds is 12. The SMILES string of the molecule is CC(=O)OC(C)C=CC(=O)NC1CC(C)C(CC=C(C)C=CC2OC(CCOn3c(O)ccc3O)CC3(CO3)C2O)OC1C. The summed E-state index contributed by atoms with van der Waals surface area (Å²) in [6, 6.07) is 2.54. The molecule has 3 aliphatic rings. The van der Waals surface area contributed by atoms with Gasteiger partial charge in [-0.3, -0.25) is 9.59 Å². The van der Waals surface area contributed by atoms with Gasteiger partial charge in [0, 0.05) is 38.0 Å². The number of hydrogen-bond acceptors (Lipinski definition) is 10. The number of amides is 1. The molecule has 9 atom stereocenters. The maximum absolute atomic E-state index is 12.4. The highest BCUT2D eigenvalue weighted by molar-refractivity contribution is 5.87. The Kier molecular flexibility index (Phi) is 11.2. The molecule has 12 heteroatoms. The van der Waals surface area contributed by atoms with Crippen molar-refractivity contribution in [1.29, 1.82) is 0 Å². The number of allylic oxidation sites excluding steroid dienone is 2. The highest BCUT2D eigenvalue weighted by atomic mass is 16.7. The van der Waals surface area contributed by atoms with E-state index in [2.05, 4.69) is 18.3 Å². The first-order chi connectivity index (χ1) is 20.9. The van der Waals surface area contributed by atoms with E-state index in [0.29, 0.717) is 25.9 Å². The topological polar surface area (TPSA) is 161 Å². The average molecular weight is 619 g/mol. The van der Waals surface area contributed by atoms with E-state index in [1.54, 1.807) is 13.0 Å². The van der Waals surface area contributed by atoms with Crippen molar-refractivity contribution in [2.75, 3.05) is 13.2 Å². The van der Waals surface area contributed by atoms with Crippen LogP contribution in [-0.2, 0) is 28.5 Å². The molecule has 3 saturated heterocycles. The van der Waals surface area contributed by atoms with E-state index in [9.17, 15) is 24.9 Å². The van der Waals surface area contributed by atoms with E-state index in [-0.39, 0.29) is 54.5 Å². The lowest BCUT2D eigenvalue weighted by atomic mass is 9.87. The number of aliphatic hydroxyl groups is 1. The number of epoxide rings is 1. The third-order valence-corrected chi connectivity index (χ3v) is 8.38. The molecule has 0 radical (unpaired) electrons. The number of aromatic nitrogens is 1. The van der Waals surface area contributed by atoms with Gasteiger partial charge in [-0.25, -0.2) is 0 Å². The molecule has 1 aromatic rings. The Balaban J connectivity index is 1.25. The van der Waals surface area contributed by atoms with E-state index in [4.69, 9.17) is 23.8 Å². The fourth-order valence-electron chi connectivity index (χ4n) is 5.75. The first kappa shape index (κ1) is 33.6. The quantitative estimate of drug-likeness (QED) is 0.119. The van der Waals surface area contributed by atoms with Crippen LogP contribution in [0.3, 0.4) is 0 Å². The lowest BCUT2D eigenvalue weighted by molar-refractivity contribution is -0.143. The van der Waals surface area contributed by atoms with Crippen LogP contribution < -0.4 is 10.2 Å². The van der Waals surface area contributed by atoms with Crippen molar-refractivity contribution in [3.05, 3.63) is 48.1 Å². The molecule has 244 valence electrons. The van der Waals surface area contributed by atoms with Gasteiger partial charge >= 0.3 is 5.97 Å². The Morgan fingerprint density at radius 2 is 1.89 bits per heavy atom. The second-order valence-corrected chi connectivity index (χ2v) is 12.1. The molecule has 4 N–H and O–H groups in total. The van der Waals surface area contributed by atoms with Crippen molar-refractivity contribution < 1.29 is 48.7 Å². The number of aliphatic hydroxyl groups excluding tert-OH is 1. The highest BCUT2D eigenvalue weighted by Gasteiger charge is 2.58. The number of esters is 1. The molecule has 44 heavy (non-hydrogen) atoms. The number of ether oxygens (including phenoxy) is 4. The fraction of sp³-hybridized carbons (Fsp3) is 0.625. The van der Waals surface area contributed by atoms with Crippen LogP contribution in [0.2, 0.25) is 0 Å². The van der Waals surface area contributed by atoms with E-state index < -0.39 is 29.9 Å². The van der Waals surface area contributed by atoms with Gasteiger partial charge in [-0.15, -0.1) is 4.73 Å². The Bertz CT molecular complexity index is 1220. The van der Waals surface area contributed by atoms with Crippen LogP contribution in [0.15, 0.2) is 48.1 Å². The van der Waals surface area contributed by atoms with Crippen LogP contribution in [0.5, 0.6) is 11.8 Å². The van der Waals surface area contributed by atoms with Crippen molar-refractivity contribution in [3.8, 4) is 11.8 Å². The molecule has 12 nitrogen and oxygen atoms in total. The Labute approximate surface area is 258 Å². The minimum absolute atomic E-state index is 0.00996. The summed E-state index contributed by atoms with van der Waals surface area (Å²) >= 11 is 0. The van der Waals surface area contributed by atoms with Crippen LogP contribution >= 0.6 is 0 Å². The van der Waals surface area contributed by atoms with Crippen LogP contribution in [0, 0.1) is 5.92 Å². The normalized spacial score (nSPS) is 33.0. The molecule has 3 fully saturated rings. The van der Waals surface area contributed by atoms with Gasteiger partial charge in [0.1, 0.15) is 30.5 Å². The Morgan fingerprint density at radius 3 is 2.55 bits per heavy atom. The molecule has 3 aliphatic heterocycles. The van der Waals surface area contributed by atoms with Crippen molar-refractivity contribution in [1.82, 2.24) is 10.0 Å². The second kappa shape index (κ2) is 14.6. The Morgan fingerprint density at radius 1 is 1.18 bits per heavy atom. The third-order valence-electron chi connectivity index (χ3n) is 8.38. The number of carbonyl (C=O) groups is 2. The van der Waals surface area contributed by atoms with Crippen LogP contribution in [-0.4, -0.2) is 93.4 Å². The summed E-state index contributed by atoms with van der Waals surface area (Å²) in [4.78, 5) is 28.9. The summed E-state index contributed by atoms with van der Waals surface area (Å²) in [6.45, 7) is 9.72. The zero-order chi connectivity index (χ0) is 32.0. The minimum Gasteiger partial charge on any atom is -0.492 e. The highest BCUT2D eigenvalue weighted by Crippen LogP contribution is 2.43. The molecule has 0 bridgehead atoms. The summed E-state index contributed by atoms with van der Waals surface area (Å²) in [5, 5.41) is 33.4. The number of nitrogens with one attached hydrogen (secondary N) is 1. The number of hydrogen-bond donors (Lipinski definition) is 4. The second-order valence-electron chi connectivity index (χ2n) is 12.1. The smallest absolute Gasteiger partial charge is 0.303 e. The van der Waals surface area contributed by atoms with Crippen molar-refractivity contribution in [2.45, 2.75) is 109 Å². The summed E-state index contributed by atoms with van der Waals surface area (Å²) in [5.41, 5.74) is 0.374. The number of nitrogens with zero attached hydrogens (tertiary/aromatic N) is 1. The summed E-state index contributed by atoms with van der Waals surface area (Å²) in [5.74, 6) is -0.836. The average Bonchev–Trinajstić information content (AvgIpc) is 3.66. The molecule has 4 heterocycles. The zero-order valence-electron chi connectivity index (χ0n) is 26.0. The monoisotopic (exact) mass is 618 g/mol. The van der Waals surface area contributed by atoms with Gasteiger partial charge in [0.15, 0.2) is 0 Å². The van der Waals surface area contributed by atoms with Crippen LogP contribution in [0.4, 0.5) is 0 Å². The molecule has 0 aromatic carbocycles. The van der Waals surface area contributed by atoms with Crippen molar-refractivity contribution in [2.24, 2.45) is 5.92 Å². The molecule has 9 unspecified atom stereocenters. The molecule has 0 aliphatic carbocycles. The van der Waals surface area contributed by atoms with Gasteiger partial charge in [0.2, 0.25) is 17.7 Å². The maximum Gasteiger partial charge on any atom is 0.303 e. The molecule has 1 spiro atoms. The van der Waals surface area contributed by atoms with Gasteiger partial charge in [-0.1, -0.05) is 30.7 Å². The molecular weight excluding hydrogens is 572 g/mol. The molecule has 0 saturated carbocycles. The van der Waals surface area contributed by atoms with E-state index >= 15 is 0 Å². The molecule has 4 rings (SSSR count). The standard InChI is InChI=1S/C32H46N2O10/c1-19(6-9-26-20(2)16-25(22(4)43-26)33-28(36)11-8-21(3)42-23(5)35)7-10-27-31(39)32(18-40-32)17-24(44-27)14-15-41-34-29(37)12-13-30(34)38/h6-8,10-13,20-22,24-27,31,37-39H,9,14-18H2,1-5H3,(H,33,36). The first-order valence-corrected chi connectivity index (χ1v) is 15.2. The van der Waals surface area contributed by atoms with Crippen molar-refractivity contribution in [3.63, 3.8) is 0 Å². The maximum atomic E-state index is 12.4. The van der Waals surface area contributed by atoms with Crippen molar-refractivity contribution >= 4 is 11.9 Å². The van der Waals surface area contributed by atoms with Gasteiger partial charge in [0.05, 0.1) is 31.0 Å². The van der Waals surface area contributed by atoms with E-state index in [0.717, 1.165) is 16.7 Å². The molecule has 1 aromatic heterocycles. The first-order valence-electron chi connectivity index (χ1n) is 15.2. The predicted octanol–water partition coefficient (Wildman–Crippen LogP) is 2.70. The summed E-state index contributed by atoms with van der Waals surface area (Å²) < 4.78 is 24.1. The fourth-order valence-corrected chi connectivity index (χ4v) is 5.75. The third kappa shape index (κ3) is 8.87. The van der Waals surface area contributed by atoms with Gasteiger partial charge in [-0.2, -0.15) is 0 Å². The van der Waals surface area contributed by atoms with E-state index in [1.807, 2.05) is 26.0 Å². The van der Waals surface area contributed by atoms with Gasteiger partial charge in [-0.05, 0) is 45.6 Å². The lowest BCUT2D eigenvalue weighted by Gasteiger charge is -2.39. The van der Waals surface area contributed by atoms with Gasteiger partial charge in [0.25, 0.3) is 0 Å².